The minimum atomic E-state index is -0.351. The number of thiazole rings is 1. The Bertz CT molecular complexity index is 818. The molecule has 2 heterocycles. The maximum Gasteiger partial charge on any atom is 0.407 e. The van der Waals surface area contributed by atoms with Crippen LogP contribution >= 0.6 is 11.3 Å². The van der Waals surface area contributed by atoms with Crippen LogP contribution in [0.5, 0.6) is 0 Å². The van der Waals surface area contributed by atoms with Crippen LogP contribution < -0.4 is 10.6 Å². The van der Waals surface area contributed by atoms with Crippen molar-refractivity contribution in [2.45, 2.75) is 70.9 Å². The Morgan fingerprint density at radius 1 is 1.43 bits per heavy atom. The first-order valence-corrected chi connectivity index (χ1v) is 10.5. The number of rotatable bonds is 7. The van der Waals surface area contributed by atoms with Gasteiger partial charge >= 0.3 is 6.09 Å². The van der Waals surface area contributed by atoms with Gasteiger partial charge in [0.05, 0.1) is 17.6 Å². The van der Waals surface area contributed by atoms with Crippen LogP contribution in [0.4, 0.5) is 10.6 Å². The molecule has 1 fully saturated rings. The lowest BCUT2D eigenvalue weighted by molar-refractivity contribution is -0.115. The maximum absolute atomic E-state index is 12.2. The summed E-state index contributed by atoms with van der Waals surface area (Å²) in [5.41, 5.74) is 3.61. The number of carbonyl (C=O) groups is 2. The van der Waals surface area contributed by atoms with E-state index in [0.29, 0.717) is 12.2 Å². The third-order valence-corrected chi connectivity index (χ3v) is 6.04. The van der Waals surface area contributed by atoms with Crippen molar-refractivity contribution in [3.63, 3.8) is 0 Å². The summed E-state index contributed by atoms with van der Waals surface area (Å²) in [4.78, 5) is 29.2. The molecule has 0 bridgehead atoms. The topological polar surface area (TPSA) is 109 Å². The van der Waals surface area contributed by atoms with Crippen molar-refractivity contribution >= 4 is 29.2 Å². The Balaban J connectivity index is 1.48. The Morgan fingerprint density at radius 3 is 2.96 bits per heavy atom. The van der Waals surface area contributed by atoms with E-state index in [0.717, 1.165) is 41.9 Å². The van der Waals surface area contributed by atoms with Crippen molar-refractivity contribution in [3.05, 3.63) is 27.8 Å². The Hall–Kier alpha value is -2.42. The minimum Gasteiger partial charge on any atom is -0.447 e. The number of anilines is 1. The van der Waals surface area contributed by atoms with Crippen molar-refractivity contribution in [1.82, 2.24) is 20.5 Å². The number of nitrogens with zero attached hydrogens (tertiary/aromatic N) is 2. The largest absolute Gasteiger partial charge is 0.447 e. The Morgan fingerprint density at radius 2 is 2.25 bits per heavy atom. The van der Waals surface area contributed by atoms with Gasteiger partial charge in [0.15, 0.2) is 5.82 Å². The second kappa shape index (κ2) is 9.18. The number of alkyl carbamates (subject to hydrolysis) is 1. The molecule has 1 saturated carbocycles. The highest BCUT2D eigenvalue weighted by Gasteiger charge is 2.29. The molecule has 3 rings (SSSR count). The molecule has 2 aromatic rings. The van der Waals surface area contributed by atoms with Crippen LogP contribution in [0.3, 0.4) is 0 Å². The van der Waals surface area contributed by atoms with Crippen LogP contribution in [0.15, 0.2) is 11.6 Å². The second-order valence-corrected chi connectivity index (χ2v) is 8.21. The molecule has 152 valence electrons. The van der Waals surface area contributed by atoms with Crippen LogP contribution in [0.25, 0.3) is 0 Å². The lowest BCUT2D eigenvalue weighted by atomic mass is 10.0. The molecule has 0 spiro atoms. The molecule has 3 unspecified atom stereocenters. The zero-order valence-corrected chi connectivity index (χ0v) is 17.3. The van der Waals surface area contributed by atoms with E-state index in [-0.39, 0.29) is 30.1 Å². The molecule has 2 amide bonds. The normalized spacial score (nSPS) is 20.0. The van der Waals surface area contributed by atoms with Crippen molar-refractivity contribution in [1.29, 1.82) is 0 Å². The summed E-state index contributed by atoms with van der Waals surface area (Å²) in [7, 11) is 0. The average molecular weight is 406 g/mol. The van der Waals surface area contributed by atoms with Gasteiger partial charge < -0.3 is 15.4 Å². The molecular weight excluding hydrogens is 378 g/mol. The van der Waals surface area contributed by atoms with E-state index in [4.69, 9.17) is 4.74 Å². The number of carbonyl (C=O) groups excluding carboxylic acids is 2. The molecule has 9 heteroatoms. The summed E-state index contributed by atoms with van der Waals surface area (Å²) in [5.74, 6) is 0.690. The summed E-state index contributed by atoms with van der Waals surface area (Å²) in [6.45, 7) is 5.76. The van der Waals surface area contributed by atoms with Gasteiger partial charge in [0.2, 0.25) is 5.91 Å². The first-order valence-electron chi connectivity index (χ1n) is 9.65. The number of aryl methyl sites for hydroxylation is 1. The van der Waals surface area contributed by atoms with E-state index >= 15 is 0 Å². The molecule has 0 radical (unpaired) electrons. The van der Waals surface area contributed by atoms with Crippen LogP contribution in [-0.4, -0.2) is 39.3 Å². The SMILES string of the molecule is CCC(C)OC(=O)NC1CCC(c2cc(NC(=O)Cc3scnc3C)n[nH]2)C1. The van der Waals surface area contributed by atoms with Gasteiger partial charge in [0.25, 0.3) is 0 Å². The molecule has 3 N–H and O–H groups in total. The lowest BCUT2D eigenvalue weighted by Gasteiger charge is -2.16. The number of hydrogen-bond donors (Lipinski definition) is 3. The Kier molecular flexibility index (Phi) is 6.66. The average Bonchev–Trinajstić information content (AvgIpc) is 3.37. The highest BCUT2D eigenvalue weighted by Crippen LogP contribution is 2.34. The number of nitrogens with one attached hydrogen (secondary N) is 3. The second-order valence-electron chi connectivity index (χ2n) is 7.27. The zero-order chi connectivity index (χ0) is 20.1. The van der Waals surface area contributed by atoms with Gasteiger partial charge in [-0.1, -0.05) is 6.92 Å². The van der Waals surface area contributed by atoms with E-state index in [1.54, 1.807) is 5.51 Å². The van der Waals surface area contributed by atoms with Crippen molar-refractivity contribution in [3.8, 4) is 0 Å². The molecular formula is C19H27N5O3S. The standard InChI is InChI=1S/C19H27N5O3S/c1-4-11(2)27-19(26)21-14-6-5-13(7-14)15-8-17(24-23-15)22-18(25)9-16-12(3)20-10-28-16/h8,10-11,13-14H,4-7,9H2,1-3H3,(H,21,26)(H2,22,23,24,25). The lowest BCUT2D eigenvalue weighted by Crippen LogP contribution is -2.35. The molecule has 1 aliphatic carbocycles. The van der Waals surface area contributed by atoms with E-state index in [1.165, 1.54) is 11.3 Å². The smallest absolute Gasteiger partial charge is 0.407 e. The highest BCUT2D eigenvalue weighted by atomic mass is 32.1. The van der Waals surface area contributed by atoms with Crippen molar-refractivity contribution in [2.24, 2.45) is 0 Å². The summed E-state index contributed by atoms with van der Waals surface area (Å²) in [5, 5.41) is 13.0. The number of H-pyrrole nitrogens is 1. The van der Waals surface area contributed by atoms with Crippen LogP contribution in [-0.2, 0) is 16.0 Å². The minimum absolute atomic E-state index is 0.0790. The van der Waals surface area contributed by atoms with E-state index in [2.05, 4.69) is 25.8 Å². The number of amides is 2. The molecule has 0 saturated heterocycles. The predicted octanol–water partition coefficient (Wildman–Crippen LogP) is 3.52. The third-order valence-electron chi connectivity index (χ3n) is 5.11. The van der Waals surface area contributed by atoms with Gasteiger partial charge in [-0.25, -0.2) is 9.78 Å². The molecule has 8 nitrogen and oxygen atoms in total. The molecule has 2 aromatic heterocycles. The van der Waals surface area contributed by atoms with Crippen LogP contribution in [0.2, 0.25) is 0 Å². The Labute approximate surface area is 168 Å². The van der Waals surface area contributed by atoms with Gasteiger partial charge in [-0.15, -0.1) is 11.3 Å². The summed E-state index contributed by atoms with van der Waals surface area (Å²) in [6, 6.07) is 1.97. The quantitative estimate of drug-likeness (QED) is 0.653. The molecule has 0 aliphatic heterocycles. The van der Waals surface area contributed by atoms with Gasteiger partial charge in [0, 0.05) is 28.6 Å². The molecule has 0 aromatic carbocycles. The fourth-order valence-electron chi connectivity index (χ4n) is 3.30. The van der Waals surface area contributed by atoms with Gasteiger partial charge in [-0.2, -0.15) is 5.10 Å². The predicted molar refractivity (Wildman–Crippen MR) is 108 cm³/mol. The van der Waals surface area contributed by atoms with Crippen molar-refractivity contribution in [2.75, 3.05) is 5.32 Å². The number of hydrogen-bond acceptors (Lipinski definition) is 6. The fraction of sp³-hybridized carbons (Fsp3) is 0.579. The maximum atomic E-state index is 12.2. The van der Waals surface area contributed by atoms with Gasteiger partial charge in [-0.05, 0) is 39.5 Å². The zero-order valence-electron chi connectivity index (χ0n) is 16.4. The third kappa shape index (κ3) is 5.31. The number of aromatic nitrogens is 3. The van der Waals surface area contributed by atoms with Crippen LogP contribution in [0.1, 0.15) is 61.7 Å². The highest BCUT2D eigenvalue weighted by molar-refractivity contribution is 7.09. The van der Waals surface area contributed by atoms with Crippen molar-refractivity contribution < 1.29 is 14.3 Å². The molecule has 3 atom stereocenters. The number of aromatic amines is 1. The summed E-state index contributed by atoms with van der Waals surface area (Å²) >= 11 is 1.48. The van der Waals surface area contributed by atoms with Gasteiger partial charge in [0.1, 0.15) is 6.10 Å². The van der Waals surface area contributed by atoms with E-state index in [9.17, 15) is 9.59 Å². The van der Waals surface area contributed by atoms with E-state index in [1.807, 2.05) is 26.8 Å². The number of ether oxygens (including phenoxy) is 1. The molecule has 28 heavy (non-hydrogen) atoms. The monoisotopic (exact) mass is 405 g/mol. The first-order chi connectivity index (χ1) is 13.4. The first kappa shape index (κ1) is 20.3. The fourth-order valence-corrected chi connectivity index (χ4v) is 4.08. The van der Waals surface area contributed by atoms with E-state index < -0.39 is 0 Å². The van der Waals surface area contributed by atoms with Crippen LogP contribution in [0, 0.1) is 6.92 Å². The summed E-state index contributed by atoms with van der Waals surface area (Å²) in [6.07, 6.45) is 3.33. The van der Waals surface area contributed by atoms with Gasteiger partial charge in [-0.3, -0.25) is 9.89 Å². The summed E-state index contributed by atoms with van der Waals surface area (Å²) < 4.78 is 5.28. The molecule has 1 aliphatic rings.